The number of ether oxygens (including phenoxy) is 2. The van der Waals surface area contributed by atoms with Crippen LogP contribution in [-0.2, 0) is 4.79 Å². The Labute approximate surface area is 144 Å². The topological polar surface area (TPSA) is 75.7 Å². The highest BCUT2D eigenvalue weighted by Crippen LogP contribution is 2.30. The summed E-state index contributed by atoms with van der Waals surface area (Å²) in [5, 5.41) is 5.14. The number of nitrogens with one attached hydrogen (secondary N) is 2. The monoisotopic (exact) mass is 335 g/mol. The second-order valence-electron chi connectivity index (χ2n) is 5.81. The van der Waals surface area contributed by atoms with Gasteiger partial charge in [0.1, 0.15) is 6.61 Å². The number of fused-ring (bicyclic) bond motifs is 2. The van der Waals surface area contributed by atoms with E-state index in [1.54, 1.807) is 18.3 Å². The number of para-hydroxylation sites is 3. The van der Waals surface area contributed by atoms with Gasteiger partial charge in [-0.2, -0.15) is 5.10 Å². The molecule has 4 rings (SSSR count). The lowest BCUT2D eigenvalue weighted by atomic mass is 10.1. The van der Waals surface area contributed by atoms with Crippen molar-refractivity contribution in [2.24, 2.45) is 5.10 Å². The molecule has 6 heteroatoms. The average molecular weight is 335 g/mol. The van der Waals surface area contributed by atoms with E-state index in [-0.39, 0.29) is 12.5 Å². The molecule has 1 aromatic heterocycles. The average Bonchev–Trinajstić information content (AvgIpc) is 2.96. The number of H-pyrrole nitrogens is 1. The molecule has 3 aromatic rings. The maximum absolute atomic E-state index is 12.2. The number of carbonyl (C=O) groups is 1. The van der Waals surface area contributed by atoms with Gasteiger partial charge in [-0.1, -0.05) is 30.3 Å². The summed E-state index contributed by atoms with van der Waals surface area (Å²) >= 11 is 0. The van der Waals surface area contributed by atoms with Gasteiger partial charge in [-0.3, -0.25) is 4.79 Å². The summed E-state index contributed by atoms with van der Waals surface area (Å²) in [6.45, 7) is 2.13. The summed E-state index contributed by atoms with van der Waals surface area (Å²) in [6.07, 6.45) is 0.917. The molecule has 2 heterocycles. The van der Waals surface area contributed by atoms with Gasteiger partial charge in [0.05, 0.1) is 6.21 Å². The summed E-state index contributed by atoms with van der Waals surface area (Å²) in [5.41, 5.74) is 5.50. The first-order valence-electron chi connectivity index (χ1n) is 8.01. The molecule has 0 bridgehead atoms. The largest absolute Gasteiger partial charge is 0.485 e. The molecule has 1 atom stereocenters. The molecule has 1 aliphatic heterocycles. The number of rotatable bonds is 3. The maximum atomic E-state index is 12.2. The van der Waals surface area contributed by atoms with Crippen LogP contribution in [0.5, 0.6) is 11.5 Å². The van der Waals surface area contributed by atoms with Crippen LogP contribution in [0.25, 0.3) is 10.9 Å². The Kier molecular flexibility index (Phi) is 3.85. The molecule has 2 aromatic carbocycles. The number of nitrogens with zero attached hydrogens (tertiary/aromatic N) is 1. The van der Waals surface area contributed by atoms with Crippen molar-refractivity contribution in [1.29, 1.82) is 0 Å². The van der Waals surface area contributed by atoms with Crippen LogP contribution < -0.4 is 14.9 Å². The zero-order chi connectivity index (χ0) is 17.2. The Hall–Kier alpha value is -3.28. The van der Waals surface area contributed by atoms with Crippen LogP contribution in [0.3, 0.4) is 0 Å². The quantitative estimate of drug-likeness (QED) is 0.571. The van der Waals surface area contributed by atoms with E-state index in [2.05, 4.69) is 15.5 Å². The van der Waals surface area contributed by atoms with Crippen molar-refractivity contribution in [3.8, 4) is 11.5 Å². The van der Waals surface area contributed by atoms with Crippen LogP contribution in [0.1, 0.15) is 11.3 Å². The van der Waals surface area contributed by atoms with E-state index >= 15 is 0 Å². The summed E-state index contributed by atoms with van der Waals surface area (Å²) in [6, 6.07) is 15.2. The number of aryl methyl sites for hydroxylation is 1. The number of hydrogen-bond donors (Lipinski definition) is 2. The first kappa shape index (κ1) is 15.3. The molecule has 0 saturated heterocycles. The number of aromatic amines is 1. The molecule has 126 valence electrons. The molecule has 0 spiro atoms. The molecule has 0 saturated carbocycles. The van der Waals surface area contributed by atoms with Crippen LogP contribution in [0, 0.1) is 6.92 Å². The number of carbonyl (C=O) groups excluding carboxylic acids is 1. The Morgan fingerprint density at radius 2 is 1.96 bits per heavy atom. The second kappa shape index (κ2) is 6.32. The number of aromatic nitrogens is 1. The van der Waals surface area contributed by atoms with Gasteiger partial charge >= 0.3 is 0 Å². The molecule has 1 aliphatic rings. The molecular formula is C19H17N3O3. The zero-order valence-corrected chi connectivity index (χ0v) is 13.7. The van der Waals surface area contributed by atoms with E-state index in [4.69, 9.17) is 9.47 Å². The first-order valence-corrected chi connectivity index (χ1v) is 8.01. The van der Waals surface area contributed by atoms with E-state index in [0.29, 0.717) is 11.5 Å². The lowest BCUT2D eigenvalue weighted by Gasteiger charge is -2.24. The molecule has 1 amide bonds. The fourth-order valence-corrected chi connectivity index (χ4v) is 2.85. The fraction of sp³-hybridized carbons (Fsp3) is 0.158. The Morgan fingerprint density at radius 3 is 2.84 bits per heavy atom. The SMILES string of the molecule is Cc1[nH]c2ccccc2c1/C=N/NC(=O)C1COc2ccccc2O1. The van der Waals surface area contributed by atoms with Gasteiger partial charge in [-0.15, -0.1) is 0 Å². The number of hydrazone groups is 1. The minimum Gasteiger partial charge on any atom is -0.485 e. The van der Waals surface area contributed by atoms with E-state index in [1.807, 2.05) is 43.3 Å². The third kappa shape index (κ3) is 2.94. The zero-order valence-electron chi connectivity index (χ0n) is 13.7. The van der Waals surface area contributed by atoms with Crippen LogP contribution in [-0.4, -0.2) is 29.8 Å². The molecule has 2 N–H and O–H groups in total. The van der Waals surface area contributed by atoms with Crippen LogP contribution in [0.2, 0.25) is 0 Å². The van der Waals surface area contributed by atoms with Crippen molar-refractivity contribution >= 4 is 23.0 Å². The minimum atomic E-state index is -0.726. The number of benzene rings is 2. The van der Waals surface area contributed by atoms with Crippen molar-refractivity contribution in [3.63, 3.8) is 0 Å². The van der Waals surface area contributed by atoms with Gasteiger partial charge in [0.2, 0.25) is 6.10 Å². The van der Waals surface area contributed by atoms with Crippen LogP contribution in [0.4, 0.5) is 0 Å². The highest BCUT2D eigenvalue weighted by Gasteiger charge is 2.27. The number of amides is 1. The molecule has 0 fully saturated rings. The summed E-state index contributed by atoms with van der Waals surface area (Å²) in [7, 11) is 0. The summed E-state index contributed by atoms with van der Waals surface area (Å²) in [5.74, 6) is 0.859. The van der Waals surface area contributed by atoms with Gasteiger partial charge in [0.25, 0.3) is 5.91 Å². The number of hydrogen-bond acceptors (Lipinski definition) is 4. The molecule has 0 radical (unpaired) electrons. The Morgan fingerprint density at radius 1 is 1.20 bits per heavy atom. The van der Waals surface area contributed by atoms with Crippen molar-refractivity contribution in [2.75, 3.05) is 6.61 Å². The van der Waals surface area contributed by atoms with Gasteiger partial charge < -0.3 is 14.5 Å². The highest BCUT2D eigenvalue weighted by molar-refractivity contribution is 6.00. The fourth-order valence-electron chi connectivity index (χ4n) is 2.85. The molecule has 0 aliphatic carbocycles. The van der Waals surface area contributed by atoms with Gasteiger partial charge in [0.15, 0.2) is 11.5 Å². The first-order chi connectivity index (χ1) is 12.2. The normalized spacial score (nSPS) is 16.3. The van der Waals surface area contributed by atoms with Crippen molar-refractivity contribution < 1.29 is 14.3 Å². The lowest BCUT2D eigenvalue weighted by molar-refractivity contribution is -0.130. The van der Waals surface area contributed by atoms with Crippen molar-refractivity contribution in [1.82, 2.24) is 10.4 Å². The summed E-state index contributed by atoms with van der Waals surface area (Å²) < 4.78 is 11.2. The van der Waals surface area contributed by atoms with E-state index in [1.165, 1.54) is 0 Å². The standard InChI is InChI=1S/C19H17N3O3/c1-12-14(13-6-2-3-7-15(13)21-12)10-20-22-19(23)18-11-24-16-8-4-5-9-17(16)25-18/h2-10,18,21H,11H2,1H3,(H,22,23)/b20-10+. The van der Waals surface area contributed by atoms with Crippen LogP contribution in [0.15, 0.2) is 53.6 Å². The molecular weight excluding hydrogens is 318 g/mol. The molecule has 25 heavy (non-hydrogen) atoms. The Balaban J connectivity index is 1.45. The third-order valence-corrected chi connectivity index (χ3v) is 4.11. The smallest absolute Gasteiger partial charge is 0.284 e. The Bertz CT molecular complexity index is 961. The van der Waals surface area contributed by atoms with Gasteiger partial charge in [0, 0.05) is 22.2 Å². The van der Waals surface area contributed by atoms with Gasteiger partial charge in [-0.05, 0) is 25.1 Å². The minimum absolute atomic E-state index is 0.157. The van der Waals surface area contributed by atoms with Gasteiger partial charge in [-0.25, -0.2) is 5.43 Å². The van der Waals surface area contributed by atoms with Crippen molar-refractivity contribution in [3.05, 3.63) is 59.8 Å². The van der Waals surface area contributed by atoms with E-state index in [9.17, 15) is 4.79 Å². The van der Waals surface area contributed by atoms with E-state index in [0.717, 1.165) is 22.2 Å². The predicted molar refractivity (Wildman–Crippen MR) is 95.1 cm³/mol. The second-order valence-corrected chi connectivity index (χ2v) is 5.81. The maximum Gasteiger partial charge on any atom is 0.284 e. The lowest BCUT2D eigenvalue weighted by Crippen LogP contribution is -2.42. The predicted octanol–water partition coefficient (Wildman–Crippen LogP) is 2.77. The molecule has 6 nitrogen and oxygen atoms in total. The summed E-state index contributed by atoms with van der Waals surface area (Å²) in [4.78, 5) is 15.5. The highest BCUT2D eigenvalue weighted by atomic mass is 16.6. The molecule has 1 unspecified atom stereocenters. The van der Waals surface area contributed by atoms with Crippen molar-refractivity contribution in [2.45, 2.75) is 13.0 Å². The van der Waals surface area contributed by atoms with E-state index < -0.39 is 6.10 Å². The third-order valence-electron chi connectivity index (χ3n) is 4.11. The van der Waals surface area contributed by atoms with Crippen LogP contribution >= 0.6 is 0 Å².